The summed E-state index contributed by atoms with van der Waals surface area (Å²) in [5.74, 6) is 1.38. The molecule has 0 saturated heterocycles. The number of carbonyl (C=O) groups is 1. The molecule has 2 rings (SSSR count). The summed E-state index contributed by atoms with van der Waals surface area (Å²) in [5, 5.41) is 5.04. The SMILES string of the molecule is COc1cc(CNC(=O)c2sccc2Cl)cc(OC)c1OC. The van der Waals surface area contributed by atoms with Crippen molar-refractivity contribution in [2.45, 2.75) is 6.54 Å². The minimum absolute atomic E-state index is 0.214. The molecule has 0 bridgehead atoms. The van der Waals surface area contributed by atoms with E-state index in [-0.39, 0.29) is 5.91 Å². The second-order valence-electron chi connectivity index (χ2n) is 4.31. The van der Waals surface area contributed by atoms with Gasteiger partial charge in [-0.1, -0.05) is 11.6 Å². The molecule has 118 valence electrons. The molecule has 1 aromatic carbocycles. The van der Waals surface area contributed by atoms with Crippen molar-refractivity contribution < 1.29 is 19.0 Å². The Morgan fingerprint density at radius 1 is 1.18 bits per heavy atom. The number of rotatable bonds is 6. The second-order valence-corrected chi connectivity index (χ2v) is 5.64. The fraction of sp³-hybridized carbons (Fsp3) is 0.267. The van der Waals surface area contributed by atoms with Crippen LogP contribution in [0.3, 0.4) is 0 Å². The first-order valence-electron chi connectivity index (χ1n) is 6.40. The van der Waals surface area contributed by atoms with Crippen molar-refractivity contribution in [1.29, 1.82) is 0 Å². The topological polar surface area (TPSA) is 56.8 Å². The average molecular weight is 342 g/mol. The lowest BCUT2D eigenvalue weighted by Crippen LogP contribution is -2.22. The van der Waals surface area contributed by atoms with E-state index in [0.717, 1.165) is 5.56 Å². The summed E-state index contributed by atoms with van der Waals surface area (Å²) in [7, 11) is 4.64. The zero-order valence-corrected chi connectivity index (χ0v) is 14.0. The molecule has 1 heterocycles. The van der Waals surface area contributed by atoms with Crippen molar-refractivity contribution in [3.63, 3.8) is 0 Å². The fourth-order valence-electron chi connectivity index (χ4n) is 1.96. The normalized spacial score (nSPS) is 10.2. The molecule has 0 spiro atoms. The Hall–Kier alpha value is -1.92. The number of ether oxygens (including phenoxy) is 3. The van der Waals surface area contributed by atoms with E-state index in [0.29, 0.717) is 33.7 Å². The van der Waals surface area contributed by atoms with Gasteiger partial charge in [-0.2, -0.15) is 0 Å². The lowest BCUT2D eigenvalue weighted by Gasteiger charge is -2.14. The fourth-order valence-corrected chi connectivity index (χ4v) is 3.01. The minimum Gasteiger partial charge on any atom is -0.493 e. The molecular formula is C15H16ClNO4S. The number of hydrogen-bond acceptors (Lipinski definition) is 5. The van der Waals surface area contributed by atoms with E-state index in [4.69, 9.17) is 25.8 Å². The van der Waals surface area contributed by atoms with Crippen molar-refractivity contribution in [3.8, 4) is 17.2 Å². The standard InChI is InChI=1S/C15H16ClNO4S/c1-19-11-6-9(7-12(20-2)13(11)21-3)8-17-15(18)14-10(16)4-5-22-14/h4-7H,8H2,1-3H3,(H,17,18). The third-order valence-electron chi connectivity index (χ3n) is 3.00. The highest BCUT2D eigenvalue weighted by atomic mass is 35.5. The molecule has 0 fully saturated rings. The van der Waals surface area contributed by atoms with Crippen LogP contribution in [-0.2, 0) is 6.54 Å². The van der Waals surface area contributed by atoms with Gasteiger partial charge in [0.25, 0.3) is 5.91 Å². The van der Waals surface area contributed by atoms with E-state index in [9.17, 15) is 4.79 Å². The highest BCUT2D eigenvalue weighted by Crippen LogP contribution is 2.38. The lowest BCUT2D eigenvalue weighted by atomic mass is 10.1. The smallest absolute Gasteiger partial charge is 0.263 e. The van der Waals surface area contributed by atoms with E-state index < -0.39 is 0 Å². The maximum absolute atomic E-state index is 12.1. The molecule has 1 amide bonds. The van der Waals surface area contributed by atoms with Crippen LogP contribution in [0.25, 0.3) is 0 Å². The number of benzene rings is 1. The molecule has 1 aromatic heterocycles. The second kappa shape index (κ2) is 7.38. The van der Waals surface area contributed by atoms with Crippen LogP contribution in [0, 0.1) is 0 Å². The predicted octanol–water partition coefficient (Wildman–Crippen LogP) is 3.36. The van der Waals surface area contributed by atoms with E-state index >= 15 is 0 Å². The van der Waals surface area contributed by atoms with E-state index in [1.807, 2.05) is 0 Å². The summed E-state index contributed by atoms with van der Waals surface area (Å²) in [6.45, 7) is 0.323. The molecule has 0 unspecified atom stereocenters. The minimum atomic E-state index is -0.214. The van der Waals surface area contributed by atoms with Crippen LogP contribution < -0.4 is 19.5 Å². The Morgan fingerprint density at radius 2 is 1.82 bits per heavy atom. The molecule has 0 radical (unpaired) electrons. The largest absolute Gasteiger partial charge is 0.493 e. The number of halogens is 1. The van der Waals surface area contributed by atoms with Gasteiger partial charge in [-0.15, -0.1) is 11.3 Å². The molecule has 7 heteroatoms. The number of hydrogen-bond donors (Lipinski definition) is 1. The third-order valence-corrected chi connectivity index (χ3v) is 4.34. The van der Waals surface area contributed by atoms with Crippen LogP contribution in [-0.4, -0.2) is 27.2 Å². The van der Waals surface area contributed by atoms with Crippen LogP contribution in [0.15, 0.2) is 23.6 Å². The molecule has 0 aliphatic carbocycles. The van der Waals surface area contributed by atoms with E-state index in [2.05, 4.69) is 5.32 Å². The Kier molecular flexibility index (Phi) is 5.51. The summed E-state index contributed by atoms with van der Waals surface area (Å²) in [6.07, 6.45) is 0. The average Bonchev–Trinajstić information content (AvgIpc) is 2.97. The summed E-state index contributed by atoms with van der Waals surface area (Å²) in [6, 6.07) is 5.27. The van der Waals surface area contributed by atoms with Gasteiger partial charge in [0.15, 0.2) is 11.5 Å². The van der Waals surface area contributed by atoms with Gasteiger partial charge in [-0.3, -0.25) is 4.79 Å². The first kappa shape index (κ1) is 16.5. The Morgan fingerprint density at radius 3 is 2.27 bits per heavy atom. The summed E-state index contributed by atoms with van der Waals surface area (Å²) in [5.41, 5.74) is 0.829. The number of nitrogens with one attached hydrogen (secondary N) is 1. The molecular weight excluding hydrogens is 326 g/mol. The summed E-state index contributed by atoms with van der Waals surface area (Å²) in [4.78, 5) is 12.6. The van der Waals surface area contributed by atoms with Crippen molar-refractivity contribution in [2.75, 3.05) is 21.3 Å². The summed E-state index contributed by atoms with van der Waals surface area (Å²) < 4.78 is 15.8. The van der Waals surface area contributed by atoms with Gasteiger partial charge < -0.3 is 19.5 Å². The first-order valence-corrected chi connectivity index (χ1v) is 7.66. The number of amides is 1. The van der Waals surface area contributed by atoms with E-state index in [1.54, 1.807) is 44.9 Å². The van der Waals surface area contributed by atoms with Gasteiger partial charge in [-0.25, -0.2) is 0 Å². The monoisotopic (exact) mass is 341 g/mol. The molecule has 22 heavy (non-hydrogen) atoms. The molecule has 2 aromatic rings. The Balaban J connectivity index is 2.16. The Labute approximate surface area is 137 Å². The lowest BCUT2D eigenvalue weighted by molar-refractivity contribution is 0.0955. The summed E-state index contributed by atoms with van der Waals surface area (Å²) >= 11 is 7.25. The number of carbonyl (C=O) groups excluding carboxylic acids is 1. The van der Waals surface area contributed by atoms with Crippen LogP contribution in [0.4, 0.5) is 0 Å². The highest BCUT2D eigenvalue weighted by Gasteiger charge is 2.15. The number of thiophene rings is 1. The van der Waals surface area contributed by atoms with Crippen LogP contribution in [0.5, 0.6) is 17.2 Å². The Bertz CT molecular complexity index is 646. The molecule has 0 saturated carbocycles. The quantitative estimate of drug-likeness (QED) is 0.875. The van der Waals surface area contributed by atoms with Gasteiger partial charge in [0.2, 0.25) is 5.75 Å². The van der Waals surface area contributed by atoms with Crippen LogP contribution >= 0.6 is 22.9 Å². The highest BCUT2D eigenvalue weighted by molar-refractivity contribution is 7.12. The van der Waals surface area contributed by atoms with Gasteiger partial charge in [0.1, 0.15) is 4.88 Å². The van der Waals surface area contributed by atoms with Crippen LogP contribution in [0.2, 0.25) is 5.02 Å². The first-order chi connectivity index (χ1) is 10.6. The third kappa shape index (κ3) is 3.45. The van der Waals surface area contributed by atoms with Crippen LogP contribution in [0.1, 0.15) is 15.2 Å². The zero-order valence-electron chi connectivity index (χ0n) is 12.4. The van der Waals surface area contributed by atoms with Gasteiger partial charge in [0, 0.05) is 6.54 Å². The van der Waals surface area contributed by atoms with Gasteiger partial charge in [0.05, 0.1) is 26.4 Å². The maximum atomic E-state index is 12.1. The van der Waals surface area contributed by atoms with Gasteiger partial charge in [-0.05, 0) is 29.1 Å². The van der Waals surface area contributed by atoms with Crippen molar-refractivity contribution >= 4 is 28.8 Å². The number of methoxy groups -OCH3 is 3. The van der Waals surface area contributed by atoms with Crippen molar-refractivity contribution in [1.82, 2.24) is 5.32 Å². The molecule has 0 aliphatic rings. The van der Waals surface area contributed by atoms with E-state index in [1.165, 1.54) is 11.3 Å². The molecule has 1 N–H and O–H groups in total. The molecule has 0 atom stereocenters. The molecule has 5 nitrogen and oxygen atoms in total. The zero-order chi connectivity index (χ0) is 16.1. The van der Waals surface area contributed by atoms with Crippen molar-refractivity contribution in [3.05, 3.63) is 39.0 Å². The predicted molar refractivity (Wildman–Crippen MR) is 86.6 cm³/mol. The maximum Gasteiger partial charge on any atom is 0.263 e. The van der Waals surface area contributed by atoms with Crippen molar-refractivity contribution in [2.24, 2.45) is 0 Å². The molecule has 0 aliphatic heterocycles. The van der Waals surface area contributed by atoms with Gasteiger partial charge >= 0.3 is 0 Å².